The van der Waals surface area contributed by atoms with Gasteiger partial charge in [0.1, 0.15) is 6.04 Å². The van der Waals surface area contributed by atoms with E-state index in [0.717, 1.165) is 5.56 Å². The summed E-state index contributed by atoms with van der Waals surface area (Å²) in [5, 5.41) is 17.1. The first kappa shape index (κ1) is 10.1. The predicted octanol–water partition coefficient (Wildman–Crippen LogP) is 1.79. The lowest BCUT2D eigenvalue weighted by atomic mass is 10.1. The van der Waals surface area contributed by atoms with E-state index in [1.54, 1.807) is 0 Å². The summed E-state index contributed by atoms with van der Waals surface area (Å²) in [4.78, 5) is 2.79. The second-order valence-corrected chi connectivity index (χ2v) is 3.18. The Hall–Kier alpha value is -2.40. The minimum absolute atomic E-state index is 0.404. The van der Waals surface area contributed by atoms with Gasteiger partial charge in [-0.3, -0.25) is 0 Å². The van der Waals surface area contributed by atoms with Gasteiger partial charge in [0.05, 0.1) is 0 Å². The van der Waals surface area contributed by atoms with Gasteiger partial charge >= 0.3 is 0 Å². The van der Waals surface area contributed by atoms with E-state index < -0.39 is 6.04 Å². The van der Waals surface area contributed by atoms with Crippen LogP contribution in [0.4, 0.5) is 0 Å². The van der Waals surface area contributed by atoms with Gasteiger partial charge in [-0.1, -0.05) is 40.7 Å². The molecule has 0 saturated heterocycles. The van der Waals surface area contributed by atoms with E-state index in [2.05, 4.69) is 30.7 Å². The lowest BCUT2D eigenvalue weighted by Crippen LogP contribution is -2.01. The fourth-order valence-corrected chi connectivity index (χ4v) is 1.39. The van der Waals surface area contributed by atoms with Gasteiger partial charge in [-0.25, -0.2) is 0 Å². The highest BCUT2D eigenvalue weighted by molar-refractivity contribution is 5.17. The van der Waals surface area contributed by atoms with Crippen molar-refractivity contribution < 1.29 is 0 Å². The van der Waals surface area contributed by atoms with E-state index in [9.17, 15) is 0 Å². The molecule has 0 amide bonds. The molecule has 1 aromatic carbocycles. The summed E-state index contributed by atoms with van der Waals surface area (Å²) >= 11 is 0. The number of aromatic nitrogens is 4. The van der Waals surface area contributed by atoms with Crippen molar-refractivity contribution in [3.8, 4) is 0 Å². The molecule has 0 radical (unpaired) electrons. The minimum Gasteiger partial charge on any atom is -0.177 e. The number of azide groups is 1. The number of benzene rings is 1. The van der Waals surface area contributed by atoms with E-state index in [-0.39, 0.29) is 0 Å². The molecule has 7 heteroatoms. The summed E-state index contributed by atoms with van der Waals surface area (Å²) in [6, 6.07) is 9.28. The number of tetrazole rings is 1. The molecule has 1 heterocycles. The topological polar surface area (TPSA) is 103 Å². The van der Waals surface area contributed by atoms with E-state index in [1.165, 1.54) is 0 Å². The van der Waals surface area contributed by atoms with Crippen LogP contribution in [0.5, 0.6) is 0 Å². The fraction of sp³-hybridized carbons (Fsp3) is 0.222. The summed E-state index contributed by atoms with van der Waals surface area (Å²) in [5.74, 6) is 0.404. The molecular formula is C9H9N7. The fourth-order valence-electron chi connectivity index (χ4n) is 1.39. The number of rotatable bonds is 4. The highest BCUT2D eigenvalue weighted by Crippen LogP contribution is 2.18. The summed E-state index contributed by atoms with van der Waals surface area (Å²) in [5.41, 5.74) is 9.55. The van der Waals surface area contributed by atoms with E-state index in [1.807, 2.05) is 30.3 Å². The normalized spacial score (nSPS) is 11.8. The molecule has 0 aliphatic carbocycles. The molecule has 80 valence electrons. The Kier molecular flexibility index (Phi) is 3.10. The van der Waals surface area contributed by atoms with Gasteiger partial charge in [0.2, 0.25) is 0 Å². The maximum Gasteiger partial charge on any atom is 0.183 e. The Morgan fingerprint density at radius 2 is 2.19 bits per heavy atom. The van der Waals surface area contributed by atoms with Crippen LogP contribution in [0.25, 0.3) is 10.4 Å². The Morgan fingerprint density at radius 3 is 2.81 bits per heavy atom. The first-order valence-corrected chi connectivity index (χ1v) is 4.71. The molecule has 0 aliphatic rings. The highest BCUT2D eigenvalue weighted by Gasteiger charge is 2.14. The molecule has 2 rings (SSSR count). The van der Waals surface area contributed by atoms with Crippen LogP contribution in [-0.4, -0.2) is 20.6 Å². The van der Waals surface area contributed by atoms with Gasteiger partial charge in [-0.2, -0.15) is 5.21 Å². The molecule has 16 heavy (non-hydrogen) atoms. The van der Waals surface area contributed by atoms with E-state index in [0.29, 0.717) is 12.2 Å². The molecule has 1 unspecified atom stereocenters. The second-order valence-electron chi connectivity index (χ2n) is 3.18. The Bertz CT molecular complexity index is 472. The summed E-state index contributed by atoms with van der Waals surface area (Å²) in [6.45, 7) is 0. The first-order chi connectivity index (χ1) is 7.90. The van der Waals surface area contributed by atoms with Crippen molar-refractivity contribution in [3.05, 3.63) is 52.2 Å². The third-order valence-electron chi connectivity index (χ3n) is 2.12. The zero-order chi connectivity index (χ0) is 11.2. The van der Waals surface area contributed by atoms with Crippen molar-refractivity contribution in [1.82, 2.24) is 20.6 Å². The van der Waals surface area contributed by atoms with Gasteiger partial charge in [0.25, 0.3) is 0 Å². The molecule has 0 bridgehead atoms. The summed E-state index contributed by atoms with van der Waals surface area (Å²) in [6.07, 6.45) is 0.560. The van der Waals surface area contributed by atoms with Crippen molar-refractivity contribution in [2.45, 2.75) is 12.5 Å². The monoisotopic (exact) mass is 215 g/mol. The first-order valence-electron chi connectivity index (χ1n) is 4.71. The highest BCUT2D eigenvalue weighted by atomic mass is 15.5. The van der Waals surface area contributed by atoms with E-state index in [4.69, 9.17) is 5.53 Å². The van der Waals surface area contributed by atoms with E-state index >= 15 is 0 Å². The van der Waals surface area contributed by atoms with Gasteiger partial charge < -0.3 is 0 Å². The minimum atomic E-state index is -0.425. The zero-order valence-corrected chi connectivity index (χ0v) is 8.35. The second kappa shape index (κ2) is 4.90. The van der Waals surface area contributed by atoms with Crippen molar-refractivity contribution in [2.24, 2.45) is 5.11 Å². The van der Waals surface area contributed by atoms with Gasteiger partial charge in [-0.05, 0) is 17.5 Å². The van der Waals surface area contributed by atoms with Gasteiger partial charge in [0, 0.05) is 4.91 Å². The van der Waals surface area contributed by atoms with Crippen LogP contribution in [0.3, 0.4) is 0 Å². The number of aromatic amines is 1. The van der Waals surface area contributed by atoms with Crippen molar-refractivity contribution in [3.63, 3.8) is 0 Å². The van der Waals surface area contributed by atoms with Gasteiger partial charge in [0.15, 0.2) is 5.82 Å². The number of nitrogens with one attached hydrogen (secondary N) is 1. The standard InChI is InChI=1S/C9H9N7/c10-14-11-8(9-12-15-16-13-9)6-7-4-2-1-3-5-7/h1-5,8H,6H2,(H,12,13,15,16). The SMILES string of the molecule is [N-]=[N+]=NC(Cc1ccccc1)c1nn[nH]n1. The lowest BCUT2D eigenvalue weighted by molar-refractivity contribution is 0.664. The third kappa shape index (κ3) is 2.34. The molecule has 0 spiro atoms. The molecular weight excluding hydrogens is 206 g/mol. The maximum absolute atomic E-state index is 8.49. The number of H-pyrrole nitrogens is 1. The average Bonchev–Trinajstić information content (AvgIpc) is 2.83. The maximum atomic E-state index is 8.49. The molecule has 1 N–H and O–H groups in total. The smallest absolute Gasteiger partial charge is 0.177 e. The van der Waals surface area contributed by atoms with Crippen molar-refractivity contribution in [2.75, 3.05) is 0 Å². The number of hydrogen-bond acceptors (Lipinski definition) is 4. The lowest BCUT2D eigenvalue weighted by Gasteiger charge is -2.05. The quantitative estimate of drug-likeness (QED) is 0.477. The molecule has 0 fully saturated rings. The number of hydrogen-bond donors (Lipinski definition) is 1. The van der Waals surface area contributed by atoms with Crippen molar-refractivity contribution in [1.29, 1.82) is 0 Å². The predicted molar refractivity (Wildman–Crippen MR) is 56.2 cm³/mol. The van der Waals surface area contributed by atoms with Gasteiger partial charge in [-0.15, -0.1) is 10.2 Å². The average molecular weight is 215 g/mol. The zero-order valence-electron chi connectivity index (χ0n) is 8.35. The molecule has 7 nitrogen and oxygen atoms in total. The molecule has 2 aromatic rings. The van der Waals surface area contributed by atoms with Crippen LogP contribution >= 0.6 is 0 Å². The van der Waals surface area contributed by atoms with Crippen LogP contribution in [0.15, 0.2) is 35.4 Å². The summed E-state index contributed by atoms with van der Waals surface area (Å²) in [7, 11) is 0. The van der Waals surface area contributed by atoms with Crippen LogP contribution in [0, 0.1) is 0 Å². The summed E-state index contributed by atoms with van der Waals surface area (Å²) < 4.78 is 0. The Labute approximate surface area is 91.1 Å². The number of nitrogens with zero attached hydrogens (tertiary/aromatic N) is 6. The van der Waals surface area contributed by atoms with Crippen LogP contribution in [-0.2, 0) is 6.42 Å². The molecule has 1 aromatic heterocycles. The molecule has 0 saturated carbocycles. The largest absolute Gasteiger partial charge is 0.183 e. The van der Waals surface area contributed by atoms with Crippen LogP contribution in [0.1, 0.15) is 17.4 Å². The Morgan fingerprint density at radius 1 is 1.38 bits per heavy atom. The third-order valence-corrected chi connectivity index (χ3v) is 2.12. The van der Waals surface area contributed by atoms with Crippen LogP contribution < -0.4 is 0 Å². The Balaban J connectivity index is 2.19. The van der Waals surface area contributed by atoms with Crippen LogP contribution in [0.2, 0.25) is 0 Å². The molecule has 0 aliphatic heterocycles. The molecule has 1 atom stereocenters. The van der Waals surface area contributed by atoms with Crippen molar-refractivity contribution >= 4 is 0 Å².